The van der Waals surface area contributed by atoms with E-state index in [-0.39, 0.29) is 26.7 Å². The highest BCUT2D eigenvalue weighted by molar-refractivity contribution is 6.41. The molecule has 1 fully saturated rings. The van der Waals surface area contributed by atoms with Crippen molar-refractivity contribution in [2.24, 2.45) is 0 Å². The Labute approximate surface area is 183 Å². The van der Waals surface area contributed by atoms with Gasteiger partial charge >= 0.3 is 5.97 Å². The van der Waals surface area contributed by atoms with Crippen molar-refractivity contribution >= 4 is 46.0 Å². The molecule has 7 heteroatoms. The van der Waals surface area contributed by atoms with Crippen molar-refractivity contribution in [3.8, 4) is 0 Å². The number of nitrogens with zero attached hydrogens (tertiary/aromatic N) is 1. The van der Waals surface area contributed by atoms with Crippen molar-refractivity contribution in [2.45, 2.75) is 45.1 Å². The fourth-order valence-corrected chi connectivity index (χ4v) is 4.04. The van der Waals surface area contributed by atoms with Crippen LogP contribution >= 0.6 is 23.2 Å². The third kappa shape index (κ3) is 3.84. The van der Waals surface area contributed by atoms with E-state index in [4.69, 9.17) is 27.9 Å². The summed E-state index contributed by atoms with van der Waals surface area (Å²) in [5.74, 6) is -1.39. The predicted molar refractivity (Wildman–Crippen MR) is 115 cm³/mol. The van der Waals surface area contributed by atoms with Crippen molar-refractivity contribution in [3.63, 3.8) is 0 Å². The number of esters is 1. The van der Waals surface area contributed by atoms with E-state index in [0.717, 1.165) is 18.4 Å². The van der Waals surface area contributed by atoms with E-state index in [1.54, 1.807) is 26.8 Å². The van der Waals surface area contributed by atoms with Crippen LogP contribution in [-0.4, -0.2) is 22.0 Å². The quantitative estimate of drug-likeness (QED) is 0.424. The molecule has 1 heterocycles. The molecule has 0 atom stereocenters. The van der Waals surface area contributed by atoms with E-state index in [2.05, 4.69) is 0 Å². The molecule has 1 saturated carbocycles. The predicted octanol–water partition coefficient (Wildman–Crippen LogP) is 6.61. The zero-order chi connectivity index (χ0) is 21.8. The van der Waals surface area contributed by atoms with Crippen LogP contribution in [0.5, 0.6) is 0 Å². The summed E-state index contributed by atoms with van der Waals surface area (Å²) in [5.41, 5.74) is 0.299. The summed E-state index contributed by atoms with van der Waals surface area (Å²) in [6, 6.07) is 7.88. The fourth-order valence-electron chi connectivity index (χ4n) is 3.43. The van der Waals surface area contributed by atoms with Gasteiger partial charge in [0.1, 0.15) is 11.4 Å². The molecule has 1 aliphatic rings. The van der Waals surface area contributed by atoms with E-state index in [0.29, 0.717) is 11.3 Å². The van der Waals surface area contributed by atoms with Crippen molar-refractivity contribution < 1.29 is 18.7 Å². The van der Waals surface area contributed by atoms with Crippen molar-refractivity contribution in [1.82, 2.24) is 4.57 Å². The monoisotopic (exact) mass is 447 g/mol. The largest absolute Gasteiger partial charge is 0.456 e. The summed E-state index contributed by atoms with van der Waals surface area (Å²) < 4.78 is 21.4. The van der Waals surface area contributed by atoms with E-state index < -0.39 is 23.3 Å². The lowest BCUT2D eigenvalue weighted by Gasteiger charge is -2.20. The number of benzene rings is 2. The zero-order valence-electron chi connectivity index (χ0n) is 16.8. The maximum atomic E-state index is 14.9. The average molecular weight is 448 g/mol. The Balaban J connectivity index is 1.78. The van der Waals surface area contributed by atoms with Gasteiger partial charge in [0.25, 0.3) is 5.91 Å². The van der Waals surface area contributed by atoms with Crippen LogP contribution in [0, 0.1) is 5.82 Å². The van der Waals surface area contributed by atoms with Gasteiger partial charge in [-0.15, -0.1) is 0 Å². The topological polar surface area (TPSA) is 48.3 Å². The minimum absolute atomic E-state index is 0.0206. The van der Waals surface area contributed by atoms with Gasteiger partial charge in [-0.25, -0.2) is 9.18 Å². The molecule has 0 radical (unpaired) electrons. The minimum Gasteiger partial charge on any atom is -0.456 e. The van der Waals surface area contributed by atoms with Gasteiger partial charge in [-0.3, -0.25) is 9.36 Å². The Kier molecular flexibility index (Phi) is 5.15. The molecule has 1 aliphatic carbocycles. The Morgan fingerprint density at radius 3 is 2.47 bits per heavy atom. The molecule has 4 nitrogen and oxygen atoms in total. The zero-order valence-corrected chi connectivity index (χ0v) is 18.3. The maximum Gasteiger partial charge on any atom is 0.340 e. The number of carbonyl (C=O) groups excluding carboxylic acids is 2. The Hall–Kier alpha value is -2.37. The van der Waals surface area contributed by atoms with Crippen LogP contribution in [0.2, 0.25) is 10.0 Å². The second-order valence-electron chi connectivity index (χ2n) is 8.49. The summed E-state index contributed by atoms with van der Waals surface area (Å²) in [4.78, 5) is 25.8. The van der Waals surface area contributed by atoms with Gasteiger partial charge in [0.05, 0.1) is 26.7 Å². The maximum absolute atomic E-state index is 14.9. The van der Waals surface area contributed by atoms with Crippen molar-refractivity contribution in [3.05, 3.63) is 69.1 Å². The fraction of sp³-hybridized carbons (Fsp3) is 0.304. The average Bonchev–Trinajstić information content (AvgIpc) is 3.39. The smallest absolute Gasteiger partial charge is 0.340 e. The highest BCUT2D eigenvalue weighted by Gasteiger charge is 2.28. The lowest BCUT2D eigenvalue weighted by atomic mass is 10.1. The summed E-state index contributed by atoms with van der Waals surface area (Å²) >= 11 is 12.7. The molecule has 0 spiro atoms. The van der Waals surface area contributed by atoms with Gasteiger partial charge in [0.2, 0.25) is 0 Å². The number of carbonyl (C=O) groups is 2. The Morgan fingerprint density at radius 1 is 1.13 bits per heavy atom. The van der Waals surface area contributed by atoms with Gasteiger partial charge in [-0.1, -0.05) is 23.2 Å². The van der Waals surface area contributed by atoms with Crippen LogP contribution in [0.4, 0.5) is 4.39 Å². The summed E-state index contributed by atoms with van der Waals surface area (Å²) in [5, 5.41) is 0.563. The van der Waals surface area contributed by atoms with Crippen molar-refractivity contribution in [2.75, 3.05) is 0 Å². The first kappa shape index (κ1) is 20.9. The molecule has 2 aromatic carbocycles. The normalized spacial score (nSPS) is 14.2. The Bertz CT molecular complexity index is 1190. The first-order chi connectivity index (χ1) is 14.1. The molecular weight excluding hydrogens is 428 g/mol. The Morgan fingerprint density at radius 2 is 1.83 bits per heavy atom. The van der Waals surface area contributed by atoms with E-state index in [9.17, 15) is 14.0 Å². The molecule has 0 bridgehead atoms. The van der Waals surface area contributed by atoms with Gasteiger partial charge in [0.15, 0.2) is 0 Å². The van der Waals surface area contributed by atoms with Crippen LogP contribution in [0.3, 0.4) is 0 Å². The van der Waals surface area contributed by atoms with Crippen LogP contribution in [-0.2, 0) is 4.74 Å². The first-order valence-corrected chi connectivity index (χ1v) is 10.4. The van der Waals surface area contributed by atoms with Crippen molar-refractivity contribution in [1.29, 1.82) is 0 Å². The highest BCUT2D eigenvalue weighted by Crippen LogP contribution is 2.42. The molecule has 0 saturated heterocycles. The second kappa shape index (κ2) is 7.40. The third-order valence-corrected chi connectivity index (χ3v) is 5.66. The van der Waals surface area contributed by atoms with Crippen LogP contribution in [0.15, 0.2) is 36.5 Å². The standard InChI is InChI=1S/C23H20Cl2FNO3/c1-23(2,3)30-22(29)15-6-7-16(24)18(19(15)25)21(28)27-9-8-13-10-14(12-4-5-12)11-17(26)20(13)27/h6-12H,4-5H2,1-3H3. The van der Waals surface area contributed by atoms with Gasteiger partial charge in [0, 0.05) is 11.6 Å². The number of aromatic nitrogens is 1. The molecule has 0 amide bonds. The molecule has 3 aromatic rings. The summed E-state index contributed by atoms with van der Waals surface area (Å²) in [6.07, 6.45) is 3.58. The number of hydrogen-bond acceptors (Lipinski definition) is 3. The minimum atomic E-state index is -0.733. The van der Waals surface area contributed by atoms with E-state index in [1.165, 1.54) is 29.0 Å². The van der Waals surface area contributed by atoms with Gasteiger partial charge in [-0.2, -0.15) is 0 Å². The van der Waals surface area contributed by atoms with Crippen LogP contribution in [0.1, 0.15) is 65.8 Å². The number of halogens is 3. The summed E-state index contributed by atoms with van der Waals surface area (Å²) in [6.45, 7) is 5.18. The van der Waals surface area contributed by atoms with Crippen LogP contribution < -0.4 is 0 Å². The van der Waals surface area contributed by atoms with E-state index >= 15 is 0 Å². The molecule has 30 heavy (non-hydrogen) atoms. The lowest BCUT2D eigenvalue weighted by Crippen LogP contribution is -2.24. The van der Waals surface area contributed by atoms with E-state index in [1.807, 2.05) is 6.07 Å². The first-order valence-electron chi connectivity index (χ1n) is 9.63. The molecule has 0 unspecified atom stereocenters. The van der Waals surface area contributed by atoms with Gasteiger partial charge < -0.3 is 4.74 Å². The second-order valence-corrected chi connectivity index (χ2v) is 9.28. The molecular formula is C23H20Cl2FNO3. The van der Waals surface area contributed by atoms with Gasteiger partial charge in [-0.05, 0) is 75.4 Å². The molecule has 1 aromatic heterocycles. The number of rotatable bonds is 3. The molecule has 4 rings (SSSR count). The molecule has 0 aliphatic heterocycles. The third-order valence-electron chi connectivity index (χ3n) is 4.95. The molecule has 156 valence electrons. The highest BCUT2D eigenvalue weighted by atomic mass is 35.5. The summed E-state index contributed by atoms with van der Waals surface area (Å²) in [7, 11) is 0. The molecule has 0 N–H and O–H groups in total. The number of fused-ring (bicyclic) bond motifs is 1. The number of hydrogen-bond donors (Lipinski definition) is 0. The van der Waals surface area contributed by atoms with Crippen LogP contribution in [0.25, 0.3) is 10.9 Å². The SMILES string of the molecule is CC(C)(C)OC(=O)c1ccc(Cl)c(C(=O)n2ccc3cc(C4CC4)cc(F)c32)c1Cl. The lowest BCUT2D eigenvalue weighted by molar-refractivity contribution is 0.00697. The number of ether oxygens (including phenoxy) is 1.